The van der Waals surface area contributed by atoms with Crippen LogP contribution in [0.3, 0.4) is 0 Å². The summed E-state index contributed by atoms with van der Waals surface area (Å²) >= 11 is 0. The highest BCUT2D eigenvalue weighted by Crippen LogP contribution is 2.37. The van der Waals surface area contributed by atoms with Crippen LogP contribution in [0.4, 0.5) is 0 Å². The lowest BCUT2D eigenvalue weighted by Gasteiger charge is -2.32. The molecule has 0 spiro atoms. The molecule has 2 fully saturated rings. The predicted molar refractivity (Wildman–Crippen MR) is 83.3 cm³/mol. The Hall–Kier alpha value is -1.35. The molecule has 3 heteroatoms. The zero-order valence-electron chi connectivity index (χ0n) is 12.6. The monoisotopic (exact) mass is 284 g/mol. The maximum absolute atomic E-state index is 13.1. The van der Waals surface area contributed by atoms with Gasteiger partial charge in [0.05, 0.1) is 0 Å². The summed E-state index contributed by atoms with van der Waals surface area (Å²) in [5.74, 6) is 1.06. The number of likely N-dealkylation sites (tertiary alicyclic amines) is 1. The van der Waals surface area contributed by atoms with Crippen LogP contribution in [-0.4, -0.2) is 29.9 Å². The maximum atomic E-state index is 13.1. The fourth-order valence-corrected chi connectivity index (χ4v) is 4.55. The van der Waals surface area contributed by atoms with Crippen molar-refractivity contribution in [2.45, 2.75) is 51.1 Å². The van der Waals surface area contributed by atoms with Crippen LogP contribution >= 0.6 is 0 Å². The number of benzene rings is 1. The summed E-state index contributed by atoms with van der Waals surface area (Å²) in [7, 11) is 0. The van der Waals surface area contributed by atoms with Gasteiger partial charge in [-0.1, -0.05) is 25.0 Å². The number of fused-ring (bicyclic) bond motifs is 2. The molecule has 1 aliphatic carbocycles. The van der Waals surface area contributed by atoms with Gasteiger partial charge in [-0.3, -0.25) is 4.79 Å². The molecule has 1 N–H and O–H groups in total. The van der Waals surface area contributed by atoms with E-state index in [2.05, 4.69) is 16.3 Å². The molecule has 1 amide bonds. The number of amides is 1. The first-order valence-electron chi connectivity index (χ1n) is 8.47. The molecule has 1 aromatic carbocycles. The normalized spacial score (nSPS) is 28.1. The van der Waals surface area contributed by atoms with Crippen LogP contribution in [0.15, 0.2) is 18.2 Å². The lowest BCUT2D eigenvalue weighted by atomic mass is 9.85. The number of rotatable bonds is 1. The highest BCUT2D eigenvalue weighted by Gasteiger charge is 2.38. The maximum Gasteiger partial charge on any atom is 0.254 e. The summed E-state index contributed by atoms with van der Waals surface area (Å²) in [5.41, 5.74) is 3.58. The van der Waals surface area contributed by atoms with Gasteiger partial charge in [0.25, 0.3) is 5.91 Å². The lowest BCUT2D eigenvalue weighted by molar-refractivity contribution is 0.0688. The Kier molecular flexibility index (Phi) is 3.46. The van der Waals surface area contributed by atoms with Crippen LogP contribution in [0, 0.1) is 5.92 Å². The Morgan fingerprint density at radius 1 is 1.19 bits per heavy atom. The van der Waals surface area contributed by atoms with Gasteiger partial charge >= 0.3 is 0 Å². The van der Waals surface area contributed by atoms with Crippen molar-refractivity contribution in [2.75, 3.05) is 13.1 Å². The average Bonchev–Trinajstić information content (AvgIpc) is 2.98. The van der Waals surface area contributed by atoms with Crippen molar-refractivity contribution in [1.82, 2.24) is 10.2 Å². The van der Waals surface area contributed by atoms with Crippen molar-refractivity contribution < 1.29 is 4.79 Å². The van der Waals surface area contributed by atoms with E-state index in [1.165, 1.54) is 43.2 Å². The Morgan fingerprint density at radius 2 is 2.10 bits per heavy atom. The molecule has 2 atom stereocenters. The van der Waals surface area contributed by atoms with Gasteiger partial charge in [-0.2, -0.15) is 0 Å². The molecule has 112 valence electrons. The summed E-state index contributed by atoms with van der Waals surface area (Å²) in [6.45, 7) is 2.86. The summed E-state index contributed by atoms with van der Waals surface area (Å²) in [6, 6.07) is 6.77. The molecule has 1 saturated carbocycles. The molecule has 4 rings (SSSR count). The lowest BCUT2D eigenvalue weighted by Crippen LogP contribution is -2.40. The van der Waals surface area contributed by atoms with E-state index in [0.29, 0.717) is 11.9 Å². The zero-order valence-corrected chi connectivity index (χ0v) is 12.6. The molecular weight excluding hydrogens is 260 g/mol. The Labute approximate surface area is 126 Å². The molecule has 3 aliphatic rings. The van der Waals surface area contributed by atoms with Crippen LogP contribution in [0.25, 0.3) is 0 Å². The third-order valence-corrected chi connectivity index (χ3v) is 5.64. The summed E-state index contributed by atoms with van der Waals surface area (Å²) < 4.78 is 0. The van der Waals surface area contributed by atoms with Crippen LogP contribution in [0.1, 0.15) is 53.6 Å². The second-order valence-corrected chi connectivity index (χ2v) is 6.77. The van der Waals surface area contributed by atoms with Crippen molar-refractivity contribution in [1.29, 1.82) is 0 Å². The topological polar surface area (TPSA) is 32.3 Å². The number of hydrogen-bond donors (Lipinski definition) is 1. The average molecular weight is 284 g/mol. The highest BCUT2D eigenvalue weighted by molar-refractivity contribution is 5.96. The van der Waals surface area contributed by atoms with Crippen LogP contribution in [0.2, 0.25) is 0 Å². The molecule has 1 saturated heterocycles. The van der Waals surface area contributed by atoms with Crippen molar-refractivity contribution in [3.63, 3.8) is 0 Å². The minimum Gasteiger partial charge on any atom is -0.335 e. The number of nitrogens with one attached hydrogen (secondary N) is 1. The number of carbonyl (C=O) groups excluding carboxylic acids is 1. The van der Waals surface area contributed by atoms with E-state index >= 15 is 0 Å². The van der Waals surface area contributed by atoms with Gasteiger partial charge in [0.2, 0.25) is 0 Å². The SMILES string of the molecule is O=C(c1cccc2c1CCNC2)N1CCC2CCCCC21. The van der Waals surface area contributed by atoms with Crippen molar-refractivity contribution in [2.24, 2.45) is 5.92 Å². The summed E-state index contributed by atoms with van der Waals surface area (Å²) in [6.07, 6.45) is 7.39. The number of carbonyl (C=O) groups is 1. The molecule has 3 nitrogen and oxygen atoms in total. The Balaban J connectivity index is 1.63. The molecule has 2 unspecified atom stereocenters. The highest BCUT2D eigenvalue weighted by atomic mass is 16.2. The quantitative estimate of drug-likeness (QED) is 0.860. The van der Waals surface area contributed by atoms with Gasteiger partial charge in [0.1, 0.15) is 0 Å². The van der Waals surface area contributed by atoms with E-state index in [-0.39, 0.29) is 0 Å². The first-order chi connectivity index (χ1) is 10.3. The standard InChI is InChI=1S/C18H24N2O/c21-18(20-11-9-13-4-1-2-7-17(13)20)16-6-3-5-14-12-19-10-8-15(14)16/h3,5-6,13,17,19H,1-2,4,7-12H2. The molecular formula is C18H24N2O. The van der Waals surface area contributed by atoms with Gasteiger partial charge in [0, 0.05) is 24.7 Å². The number of hydrogen-bond acceptors (Lipinski definition) is 2. The third kappa shape index (κ3) is 2.28. The van der Waals surface area contributed by atoms with Crippen LogP contribution in [-0.2, 0) is 13.0 Å². The van der Waals surface area contributed by atoms with Crippen molar-refractivity contribution >= 4 is 5.91 Å². The second kappa shape index (κ2) is 5.45. The zero-order chi connectivity index (χ0) is 14.2. The van der Waals surface area contributed by atoms with E-state index < -0.39 is 0 Å². The summed E-state index contributed by atoms with van der Waals surface area (Å²) in [4.78, 5) is 15.3. The van der Waals surface area contributed by atoms with Gasteiger partial charge in [0.15, 0.2) is 0 Å². The Morgan fingerprint density at radius 3 is 3.05 bits per heavy atom. The van der Waals surface area contributed by atoms with E-state index in [9.17, 15) is 4.79 Å². The largest absolute Gasteiger partial charge is 0.335 e. The third-order valence-electron chi connectivity index (χ3n) is 5.64. The molecule has 0 radical (unpaired) electrons. The molecule has 2 heterocycles. The fourth-order valence-electron chi connectivity index (χ4n) is 4.55. The molecule has 0 aromatic heterocycles. The van der Waals surface area contributed by atoms with Crippen molar-refractivity contribution in [3.05, 3.63) is 34.9 Å². The predicted octanol–water partition coefficient (Wildman–Crippen LogP) is 2.74. The minimum atomic E-state index is 0.295. The van der Waals surface area contributed by atoms with Gasteiger partial charge in [-0.05, 0) is 55.3 Å². The van der Waals surface area contributed by atoms with Crippen molar-refractivity contribution in [3.8, 4) is 0 Å². The minimum absolute atomic E-state index is 0.295. The smallest absolute Gasteiger partial charge is 0.254 e. The van der Waals surface area contributed by atoms with Gasteiger partial charge in [-0.15, -0.1) is 0 Å². The first kappa shape index (κ1) is 13.3. The van der Waals surface area contributed by atoms with E-state index in [4.69, 9.17) is 0 Å². The van der Waals surface area contributed by atoms with Crippen LogP contribution < -0.4 is 5.32 Å². The second-order valence-electron chi connectivity index (χ2n) is 6.77. The number of nitrogens with zero attached hydrogens (tertiary/aromatic N) is 1. The Bertz CT molecular complexity index is 554. The van der Waals surface area contributed by atoms with E-state index in [1.807, 2.05) is 12.1 Å². The molecule has 21 heavy (non-hydrogen) atoms. The summed E-state index contributed by atoms with van der Waals surface area (Å²) in [5, 5.41) is 3.40. The van der Waals surface area contributed by atoms with E-state index in [1.54, 1.807) is 0 Å². The molecule has 0 bridgehead atoms. The van der Waals surface area contributed by atoms with Gasteiger partial charge < -0.3 is 10.2 Å². The molecule has 1 aromatic rings. The van der Waals surface area contributed by atoms with Crippen LogP contribution in [0.5, 0.6) is 0 Å². The van der Waals surface area contributed by atoms with Gasteiger partial charge in [-0.25, -0.2) is 0 Å². The van der Waals surface area contributed by atoms with E-state index in [0.717, 1.165) is 37.5 Å². The fraction of sp³-hybridized carbons (Fsp3) is 0.611. The first-order valence-corrected chi connectivity index (χ1v) is 8.47. The molecule has 2 aliphatic heterocycles.